The van der Waals surface area contributed by atoms with E-state index >= 15 is 0 Å². The van der Waals surface area contributed by atoms with Gasteiger partial charge in [0.05, 0.1) is 39.5 Å². The summed E-state index contributed by atoms with van der Waals surface area (Å²) in [6.45, 7) is 5.97. The summed E-state index contributed by atoms with van der Waals surface area (Å²) in [5.41, 5.74) is 0.919. The Balaban J connectivity index is 0.000000192. The van der Waals surface area contributed by atoms with E-state index in [-0.39, 0.29) is 137 Å². The van der Waals surface area contributed by atoms with Gasteiger partial charge in [0.25, 0.3) is 5.91 Å². The molecule has 78 heavy (non-hydrogen) atoms. The number of aromatic hydroxyl groups is 3. The molecule has 0 atom stereocenters. The number of aliphatic imine (C=N–C) groups is 2. The number of carbonyl (C=O) groups excluding carboxylic acids is 6. The lowest BCUT2D eigenvalue weighted by Gasteiger charge is -2.11. The van der Waals surface area contributed by atoms with Crippen molar-refractivity contribution in [3.8, 4) is 17.2 Å². The number of amides is 2. The molecule has 0 saturated heterocycles. The van der Waals surface area contributed by atoms with Crippen molar-refractivity contribution in [3.05, 3.63) is 162 Å². The van der Waals surface area contributed by atoms with Crippen molar-refractivity contribution in [2.24, 2.45) is 20.2 Å². The molecule has 408 valence electrons. The zero-order valence-corrected chi connectivity index (χ0v) is 43.8. The number of sulfone groups is 1. The Hall–Kier alpha value is -8.35. The molecule has 4 aliphatic rings. The first kappa shape index (κ1) is 60.5. The molecule has 0 radical (unpaired) electrons. The average Bonchev–Trinajstić information content (AvgIpc) is 4.22. The largest absolute Gasteiger partial charge is 0.507 e. The number of halogens is 8. The van der Waals surface area contributed by atoms with Crippen molar-refractivity contribution in [1.29, 1.82) is 0 Å². The predicted octanol–water partition coefficient (Wildman–Crippen LogP) is 9.60. The number of aryl methyl sites for hydroxylation is 4. The van der Waals surface area contributed by atoms with Crippen molar-refractivity contribution in [2.75, 3.05) is 18.6 Å². The maximum atomic E-state index is 13.5. The maximum absolute atomic E-state index is 13.5. The van der Waals surface area contributed by atoms with Crippen LogP contribution in [0, 0.1) is 51.0 Å². The Bertz CT molecular complexity index is 3650. The quantitative estimate of drug-likeness (QED) is 0.0408. The highest BCUT2D eigenvalue weighted by Gasteiger charge is 2.30. The second-order valence-corrected chi connectivity index (χ2v) is 19.9. The summed E-state index contributed by atoms with van der Waals surface area (Å²) in [5, 5.41) is 40.3. The van der Waals surface area contributed by atoms with Gasteiger partial charge in [-0.2, -0.15) is 5.10 Å². The lowest BCUT2D eigenvalue weighted by atomic mass is 9.98. The number of phenolic OH excluding ortho intramolecular Hbond substituents is 3. The van der Waals surface area contributed by atoms with Crippen LogP contribution < -0.4 is 10.6 Å². The molecule has 2 amide bonds. The van der Waals surface area contributed by atoms with Gasteiger partial charge >= 0.3 is 0 Å². The topological polar surface area (TPSA) is 271 Å². The number of rotatable bonds is 11. The predicted molar refractivity (Wildman–Crippen MR) is 278 cm³/mol. The number of anilines is 1. The SMILES string of the molecule is CNC(=O)C1=NC=C(C(=O)c2cc(F)cc(C)c2O)C1.Cc1cc(F)cc(C(=O)C2=CC(Cl)=C(F)C2)c1NC=O.Cc1cc(F)cc(C(=O)C2=NC(Cl)=C(F)C2)c1O.Cc1cc(F)cc(C(=O)C2=NN=C(S(C)(=O)=O)C2)c1O. The number of hydrogen-bond donors (Lipinski definition) is 5. The summed E-state index contributed by atoms with van der Waals surface area (Å²) >= 11 is 11.0. The molecule has 3 aliphatic heterocycles. The van der Waals surface area contributed by atoms with Crippen molar-refractivity contribution >= 4 is 96.4 Å². The minimum absolute atomic E-state index is 0.0278. The van der Waals surface area contributed by atoms with Crippen LogP contribution >= 0.6 is 23.2 Å². The fourth-order valence-corrected chi connectivity index (χ4v) is 8.27. The minimum atomic E-state index is -3.53. The summed E-state index contributed by atoms with van der Waals surface area (Å²) in [5.74, 6) is -7.77. The molecule has 0 spiro atoms. The fraction of sp³-hybridized carbons (Fsp3) is 0.192. The molecule has 4 aromatic carbocycles. The van der Waals surface area contributed by atoms with Crippen LogP contribution in [0.2, 0.25) is 0 Å². The van der Waals surface area contributed by atoms with Crippen molar-refractivity contribution in [3.63, 3.8) is 0 Å². The van der Waals surface area contributed by atoms with Gasteiger partial charge in [-0.1, -0.05) is 23.2 Å². The summed E-state index contributed by atoms with van der Waals surface area (Å²) in [7, 11) is -2.07. The van der Waals surface area contributed by atoms with E-state index in [0.29, 0.717) is 12.0 Å². The maximum Gasteiger partial charge on any atom is 0.265 e. The smallest absolute Gasteiger partial charge is 0.265 e. The van der Waals surface area contributed by atoms with Crippen molar-refractivity contribution < 1.29 is 78.8 Å². The zero-order chi connectivity index (χ0) is 58.2. The molecule has 0 unspecified atom stereocenters. The van der Waals surface area contributed by atoms with Crippen molar-refractivity contribution in [1.82, 2.24) is 5.32 Å². The fourth-order valence-electron chi connectivity index (χ4n) is 7.32. The van der Waals surface area contributed by atoms with E-state index in [2.05, 4.69) is 30.8 Å². The Morgan fingerprint density at radius 2 is 1.05 bits per heavy atom. The molecular formula is C52H42Cl2F6N6O11S. The monoisotopic (exact) mass is 1140 g/mol. The van der Waals surface area contributed by atoms with Gasteiger partial charge in [-0.25, -0.2) is 39.8 Å². The van der Waals surface area contributed by atoms with Gasteiger partial charge in [0.1, 0.15) is 63.6 Å². The van der Waals surface area contributed by atoms with Gasteiger partial charge in [-0.05, 0) is 105 Å². The number of ketones is 4. The van der Waals surface area contributed by atoms with Gasteiger partial charge in [-0.3, -0.25) is 33.8 Å². The molecule has 0 aromatic heterocycles. The summed E-state index contributed by atoms with van der Waals surface area (Å²) in [6, 6.07) is 8.26. The second-order valence-electron chi connectivity index (χ2n) is 17.1. The first-order valence-corrected chi connectivity index (χ1v) is 25.0. The molecule has 0 saturated carbocycles. The van der Waals surface area contributed by atoms with E-state index in [4.69, 9.17) is 23.2 Å². The number of nitrogens with zero attached hydrogens (tertiary/aromatic N) is 4. The Morgan fingerprint density at radius 1 is 0.590 bits per heavy atom. The normalized spacial score (nSPS) is 14.5. The van der Waals surface area contributed by atoms with Crippen LogP contribution in [0.5, 0.6) is 17.2 Å². The Labute approximate surface area is 449 Å². The molecule has 5 N–H and O–H groups in total. The third-order valence-electron chi connectivity index (χ3n) is 11.3. The first-order chi connectivity index (χ1) is 36.5. The molecule has 0 bridgehead atoms. The highest BCUT2D eigenvalue weighted by atomic mass is 35.5. The van der Waals surface area contributed by atoms with E-state index in [1.54, 1.807) is 6.92 Å². The second kappa shape index (κ2) is 25.2. The number of allylic oxidation sites excluding steroid dienone is 6. The van der Waals surface area contributed by atoms with Gasteiger partial charge in [0.15, 0.2) is 31.6 Å². The van der Waals surface area contributed by atoms with Crippen LogP contribution in [0.1, 0.15) is 89.4 Å². The van der Waals surface area contributed by atoms with Crippen LogP contribution in [0.3, 0.4) is 0 Å². The lowest BCUT2D eigenvalue weighted by Crippen LogP contribution is -2.27. The highest BCUT2D eigenvalue weighted by Crippen LogP contribution is 2.35. The molecule has 3 heterocycles. The van der Waals surface area contributed by atoms with E-state index in [1.165, 1.54) is 46.2 Å². The third kappa shape index (κ3) is 14.4. The molecule has 0 fully saturated rings. The van der Waals surface area contributed by atoms with Crippen LogP contribution in [-0.4, -0.2) is 94.7 Å². The molecular weight excluding hydrogens is 1100 g/mol. The Morgan fingerprint density at radius 3 is 1.47 bits per heavy atom. The number of benzene rings is 4. The van der Waals surface area contributed by atoms with Gasteiger partial charge < -0.3 is 26.0 Å². The first-order valence-electron chi connectivity index (χ1n) is 22.3. The standard InChI is InChI=1S/C14H10ClF2NO2.C14H13FN2O3.C12H8ClF2NO2.C12H11FN2O4S/c1-7-2-9(16)5-10(13(7)18-6-19)14(20)8-3-11(15)12(17)4-8;1-7-3-9(15)5-10(12(7)18)13(19)8-4-11(17-6-8)14(20)16-2;1-5-2-6(14)3-7(10(5)17)11(18)9-4-8(15)12(13)16-9;1-6-3-7(13)4-8(11(6)16)12(17)9-5-10(15-14-9)20(2,18)19/h2-3,5-6H,4H2,1H3,(H,18,19);3,5-6,18H,4H2,1-2H3,(H,16,20);2-3,17H,4H2,1H3;3-4,16H,5H2,1-2H3. The molecule has 26 heteroatoms. The molecule has 17 nitrogen and oxygen atoms in total. The van der Waals surface area contributed by atoms with Crippen LogP contribution in [-0.2, 0) is 19.4 Å². The zero-order valence-electron chi connectivity index (χ0n) is 41.5. The number of nitrogens with one attached hydrogen (secondary N) is 2. The van der Waals surface area contributed by atoms with Gasteiger partial charge in [0, 0.05) is 55.5 Å². The van der Waals surface area contributed by atoms with Gasteiger partial charge in [0.2, 0.25) is 18.0 Å². The van der Waals surface area contributed by atoms with Crippen LogP contribution in [0.15, 0.2) is 114 Å². The van der Waals surface area contributed by atoms with Crippen LogP contribution in [0.25, 0.3) is 0 Å². The van der Waals surface area contributed by atoms with E-state index < -0.39 is 67.9 Å². The summed E-state index contributed by atoms with van der Waals surface area (Å²) in [6.07, 6.45) is 3.07. The van der Waals surface area contributed by atoms with Crippen molar-refractivity contribution in [2.45, 2.75) is 53.4 Å². The third-order valence-corrected chi connectivity index (χ3v) is 13.0. The number of hydrogen-bond acceptors (Lipinski definition) is 15. The lowest BCUT2D eigenvalue weighted by molar-refractivity contribution is -0.114. The molecule has 4 aromatic rings. The Kier molecular flexibility index (Phi) is 19.6. The van der Waals surface area contributed by atoms with Gasteiger partial charge in [-0.15, -0.1) is 5.10 Å². The average molecular weight is 1140 g/mol. The summed E-state index contributed by atoms with van der Waals surface area (Å²) < 4.78 is 102. The minimum Gasteiger partial charge on any atom is -0.507 e. The number of carbonyl (C=O) groups is 6. The summed E-state index contributed by atoms with van der Waals surface area (Å²) in [4.78, 5) is 78.0. The molecule has 8 rings (SSSR count). The number of phenols is 3. The van der Waals surface area contributed by atoms with E-state index in [9.17, 15) is 78.8 Å². The van der Waals surface area contributed by atoms with E-state index in [0.717, 1.165) is 48.7 Å². The van der Waals surface area contributed by atoms with E-state index in [1.807, 2.05) is 0 Å². The highest BCUT2D eigenvalue weighted by molar-refractivity contribution is 8.05. The van der Waals surface area contributed by atoms with Crippen LogP contribution in [0.4, 0.5) is 32.0 Å². The number of Topliss-reactive ketones (excluding diaryl/α,β-unsaturated/α-hetero) is 4. The molecule has 1 aliphatic carbocycles.